The number of hydrogen-bond donors (Lipinski definition) is 0. The summed E-state index contributed by atoms with van der Waals surface area (Å²) in [5.74, 6) is 1.77. The molecule has 10 rings (SSSR count). The predicted molar refractivity (Wildman–Crippen MR) is 252 cm³/mol. The molecule has 0 atom stereocenters. The number of benzene rings is 6. The third kappa shape index (κ3) is 11.2. The molecule has 0 saturated heterocycles. The molecule has 2 aliphatic rings. The van der Waals surface area contributed by atoms with Crippen molar-refractivity contribution in [2.75, 3.05) is 0 Å². The maximum atomic E-state index is 2.47. The van der Waals surface area contributed by atoms with Gasteiger partial charge in [0.2, 0.25) is 0 Å². The molecule has 2 fully saturated rings. The minimum atomic E-state index is 0. The van der Waals surface area contributed by atoms with Gasteiger partial charge in [-0.1, -0.05) is 184 Å². The summed E-state index contributed by atoms with van der Waals surface area (Å²) in [7, 11) is 0. The topological polar surface area (TPSA) is 0 Å². The summed E-state index contributed by atoms with van der Waals surface area (Å²) in [6.45, 7) is 9.07. The van der Waals surface area contributed by atoms with Crippen LogP contribution in [-0.2, 0) is 36.2 Å². The minimum Gasteiger partial charge on any atom is -1.00 e. The first kappa shape index (κ1) is 46.2. The van der Waals surface area contributed by atoms with Crippen LogP contribution in [0.25, 0.3) is 65.3 Å². The molecule has 2 saturated carbocycles. The molecule has 0 aliphatic heterocycles. The zero-order valence-corrected chi connectivity index (χ0v) is 41.1. The van der Waals surface area contributed by atoms with Crippen LogP contribution in [0.4, 0.5) is 0 Å². The molecule has 0 aromatic heterocycles. The molecule has 0 spiro atoms. The summed E-state index contributed by atoms with van der Waals surface area (Å²) >= 11 is 1.74. The predicted octanol–water partition coefficient (Wildman–Crippen LogP) is 10.4. The summed E-state index contributed by atoms with van der Waals surface area (Å²) < 4.78 is 0. The van der Waals surface area contributed by atoms with Crippen LogP contribution in [-0.4, -0.2) is 5.43 Å². The fraction of sp³-hybridized carbons (Fsp3) is 0.321. The molecule has 8 aromatic carbocycles. The summed E-state index contributed by atoms with van der Waals surface area (Å²) in [6, 6.07) is 50.2. The Morgan fingerprint density at radius 1 is 0.467 bits per heavy atom. The van der Waals surface area contributed by atoms with Gasteiger partial charge in [-0.3, -0.25) is 0 Å². The first-order valence-corrected chi connectivity index (χ1v) is 28.4. The Morgan fingerprint density at radius 2 is 0.833 bits per heavy atom. The molecule has 0 heterocycles. The van der Waals surface area contributed by atoms with Crippen molar-refractivity contribution in [3.05, 3.63) is 156 Å². The van der Waals surface area contributed by atoms with Crippen molar-refractivity contribution in [2.24, 2.45) is 11.8 Å². The van der Waals surface area contributed by atoms with E-state index in [4.69, 9.17) is 0 Å². The Balaban J connectivity index is 0.000000179. The van der Waals surface area contributed by atoms with Crippen molar-refractivity contribution in [1.82, 2.24) is 0 Å². The van der Waals surface area contributed by atoms with Crippen molar-refractivity contribution in [3.63, 3.8) is 0 Å². The quantitative estimate of drug-likeness (QED) is 0.115. The van der Waals surface area contributed by atoms with Crippen LogP contribution >= 0.6 is 0 Å². The van der Waals surface area contributed by atoms with E-state index in [1.165, 1.54) is 165 Å². The van der Waals surface area contributed by atoms with E-state index in [1.54, 1.807) is 23.3 Å². The average molecular weight is 923 g/mol. The normalized spacial score (nSPS) is 14.5. The number of rotatable bonds is 6. The van der Waals surface area contributed by atoms with Crippen molar-refractivity contribution in [3.8, 4) is 22.3 Å². The Labute approximate surface area is 387 Å². The summed E-state index contributed by atoms with van der Waals surface area (Å²) in [6.07, 6.45) is 16.7. The average Bonchev–Trinajstić information content (AvgIpc) is 3.83. The van der Waals surface area contributed by atoms with Crippen LogP contribution in [0.1, 0.15) is 86.5 Å². The van der Waals surface area contributed by atoms with Crippen LogP contribution in [0.15, 0.2) is 133 Å². The fourth-order valence-corrected chi connectivity index (χ4v) is 10.1. The second-order valence-corrected chi connectivity index (χ2v) is 27.2. The van der Waals surface area contributed by atoms with E-state index in [-0.39, 0.29) is 30.2 Å². The molecular formula is C56H60Cl2SiZr-2. The van der Waals surface area contributed by atoms with Gasteiger partial charge >= 0.3 is 41.9 Å². The van der Waals surface area contributed by atoms with Gasteiger partial charge in [-0.05, 0) is 71.2 Å². The molecule has 0 bridgehead atoms. The SMILES string of the molecule is C[Si](C)=[Zr+2].Cc1cc(-c2cccc3ccccc23)c2cc(CC3CCCCC3)[cH-]c2c1.Cc1cc(-c2cccc3ccccc23)c2cc(CC3CCCCC3)[cH-]c2c1.[Cl-].[Cl-]. The van der Waals surface area contributed by atoms with Gasteiger partial charge < -0.3 is 24.8 Å². The molecule has 0 nitrogen and oxygen atoms in total. The van der Waals surface area contributed by atoms with E-state index in [0.29, 0.717) is 0 Å². The number of halogens is 2. The summed E-state index contributed by atoms with van der Waals surface area (Å²) in [4.78, 5) is 0. The van der Waals surface area contributed by atoms with Gasteiger partial charge in [-0.2, -0.15) is 12.1 Å². The summed E-state index contributed by atoms with van der Waals surface area (Å²) in [5.41, 5.74) is 11.5. The van der Waals surface area contributed by atoms with E-state index >= 15 is 0 Å². The van der Waals surface area contributed by atoms with Gasteiger partial charge in [-0.15, -0.1) is 56.9 Å². The van der Waals surface area contributed by atoms with E-state index in [1.807, 2.05) is 0 Å². The van der Waals surface area contributed by atoms with Gasteiger partial charge in [0.1, 0.15) is 0 Å². The third-order valence-corrected chi connectivity index (χ3v) is 12.7. The third-order valence-electron chi connectivity index (χ3n) is 12.7. The van der Waals surface area contributed by atoms with Gasteiger partial charge in [0.05, 0.1) is 0 Å². The van der Waals surface area contributed by atoms with Gasteiger partial charge in [0, 0.05) is 0 Å². The molecule has 0 amide bonds. The maximum absolute atomic E-state index is 2.47. The fourth-order valence-electron chi connectivity index (χ4n) is 10.1. The molecule has 8 aromatic rings. The van der Waals surface area contributed by atoms with E-state index in [9.17, 15) is 0 Å². The Bertz CT molecular complexity index is 2470. The molecule has 0 radical (unpaired) electrons. The first-order valence-electron chi connectivity index (χ1n) is 22.2. The zero-order valence-electron chi connectivity index (χ0n) is 36.1. The van der Waals surface area contributed by atoms with Crippen LogP contribution in [0, 0.1) is 25.7 Å². The van der Waals surface area contributed by atoms with Gasteiger partial charge in [-0.25, -0.2) is 0 Å². The summed E-state index contributed by atoms with van der Waals surface area (Å²) in [5, 5.41) is 11.0. The van der Waals surface area contributed by atoms with Crippen molar-refractivity contribution in [1.29, 1.82) is 0 Å². The zero-order chi connectivity index (χ0) is 40.0. The van der Waals surface area contributed by atoms with Crippen molar-refractivity contribution < 1.29 is 48.1 Å². The molecule has 4 heteroatoms. The van der Waals surface area contributed by atoms with Crippen LogP contribution in [0.3, 0.4) is 0 Å². The standard InChI is InChI=1S/2C27H27.C2H6Si.2ClH.Zr/c2*1-19-14-23-17-21(16-20-8-3-2-4-9-20)18-26(23)27(15-19)25-13-7-11-22-10-5-6-12-24(22)25;1-3-2;;;/h2*5-7,10-15,17-18,20H,2-4,8-9,16H2,1H3;1-2H3;2*1H;/q2*-1;;;;+2/p-2. The Kier molecular flexibility index (Phi) is 16.7. The number of aryl methyl sites for hydroxylation is 2. The molecule has 0 N–H and O–H groups in total. The van der Waals surface area contributed by atoms with Crippen LogP contribution in [0.2, 0.25) is 13.1 Å². The Morgan fingerprint density at radius 3 is 1.23 bits per heavy atom. The number of fused-ring (bicyclic) bond motifs is 4. The molecule has 0 unspecified atom stereocenters. The first-order chi connectivity index (χ1) is 28.3. The minimum absolute atomic E-state index is 0. The van der Waals surface area contributed by atoms with E-state index in [0.717, 1.165) is 11.8 Å². The second-order valence-electron chi connectivity index (χ2n) is 17.8. The van der Waals surface area contributed by atoms with E-state index < -0.39 is 0 Å². The Hall–Kier alpha value is -3.26. The molecule has 2 aliphatic carbocycles. The second kappa shape index (κ2) is 21.7. The smallest absolute Gasteiger partial charge is 0.0114 e. The number of hydrogen-bond acceptors (Lipinski definition) is 0. The van der Waals surface area contributed by atoms with Crippen molar-refractivity contribution in [2.45, 2.75) is 104 Å². The van der Waals surface area contributed by atoms with Crippen molar-refractivity contribution >= 4 is 48.5 Å². The molecule has 308 valence electrons. The van der Waals surface area contributed by atoms with Crippen LogP contribution < -0.4 is 24.8 Å². The molecule has 60 heavy (non-hydrogen) atoms. The van der Waals surface area contributed by atoms with Crippen LogP contribution in [0.5, 0.6) is 0 Å². The van der Waals surface area contributed by atoms with Gasteiger partial charge in [0.15, 0.2) is 0 Å². The maximum Gasteiger partial charge on any atom is -0.0114 e. The molecular weight excluding hydrogens is 863 g/mol. The monoisotopic (exact) mass is 920 g/mol. The largest absolute Gasteiger partial charge is 1.00 e. The van der Waals surface area contributed by atoms with Gasteiger partial charge in [0.25, 0.3) is 0 Å². The van der Waals surface area contributed by atoms with E-state index in [2.05, 4.69) is 160 Å².